The number of halogens is 1. The van der Waals surface area contributed by atoms with E-state index in [1.54, 1.807) is 19.0 Å². The van der Waals surface area contributed by atoms with E-state index in [4.69, 9.17) is 4.74 Å². The van der Waals surface area contributed by atoms with Crippen LogP contribution in [0, 0.1) is 5.92 Å². The molecule has 2 heterocycles. The maximum Gasteiger partial charge on any atom is 0.243 e. The first-order chi connectivity index (χ1) is 13.1. The number of rotatable bonds is 7. The number of likely N-dealkylation sites (N-methyl/N-ethyl adjacent to an activating group) is 1. The molecular weight excluding hydrogens is 469 g/mol. The Kier molecular flexibility index (Phi) is 9.04. The van der Waals surface area contributed by atoms with Crippen molar-refractivity contribution in [3.05, 3.63) is 36.0 Å². The van der Waals surface area contributed by atoms with E-state index in [0.717, 1.165) is 44.7 Å². The van der Waals surface area contributed by atoms with Gasteiger partial charge in [-0.3, -0.25) is 4.79 Å². The first-order valence-electron chi connectivity index (χ1n) is 9.48. The third-order valence-corrected chi connectivity index (χ3v) is 4.73. The van der Waals surface area contributed by atoms with Crippen LogP contribution in [-0.2, 0) is 16.0 Å². The summed E-state index contributed by atoms with van der Waals surface area (Å²) in [4.78, 5) is 21.3. The fourth-order valence-corrected chi connectivity index (χ4v) is 3.03. The Balaban J connectivity index is 0.00000280. The number of guanidine groups is 1. The average molecular weight is 499 g/mol. The molecule has 7 nitrogen and oxygen atoms in total. The SMILES string of the molecule is CN(C)C(=O)CN=C(NCCc1cc2ccccc2[nH]1)NCC1CCOC1.I. The van der Waals surface area contributed by atoms with Crippen LogP contribution in [0.4, 0.5) is 0 Å². The summed E-state index contributed by atoms with van der Waals surface area (Å²) >= 11 is 0. The number of nitrogens with one attached hydrogen (secondary N) is 3. The summed E-state index contributed by atoms with van der Waals surface area (Å²) in [6, 6.07) is 10.4. The van der Waals surface area contributed by atoms with Gasteiger partial charge in [-0.2, -0.15) is 0 Å². The minimum Gasteiger partial charge on any atom is -0.381 e. The van der Waals surface area contributed by atoms with Crippen molar-refractivity contribution in [3.63, 3.8) is 0 Å². The number of carbonyl (C=O) groups is 1. The zero-order valence-electron chi connectivity index (χ0n) is 16.5. The highest BCUT2D eigenvalue weighted by Crippen LogP contribution is 2.14. The summed E-state index contributed by atoms with van der Waals surface area (Å²) in [5.74, 6) is 1.15. The highest BCUT2D eigenvalue weighted by molar-refractivity contribution is 14.0. The Morgan fingerprint density at radius 1 is 1.32 bits per heavy atom. The molecule has 1 aliphatic heterocycles. The minimum absolute atomic E-state index is 0. The predicted octanol–water partition coefficient (Wildman–Crippen LogP) is 1.99. The third kappa shape index (κ3) is 6.66. The van der Waals surface area contributed by atoms with Crippen LogP contribution in [0.15, 0.2) is 35.3 Å². The minimum atomic E-state index is -0.0177. The van der Waals surface area contributed by atoms with Gasteiger partial charge in [0, 0.05) is 57.3 Å². The zero-order chi connectivity index (χ0) is 19.1. The number of hydrogen-bond donors (Lipinski definition) is 3. The Bertz CT molecular complexity index is 751. The van der Waals surface area contributed by atoms with E-state index in [0.29, 0.717) is 11.9 Å². The molecule has 1 unspecified atom stereocenters. The lowest BCUT2D eigenvalue weighted by molar-refractivity contribution is -0.127. The molecule has 3 N–H and O–H groups in total. The summed E-state index contributed by atoms with van der Waals surface area (Å²) < 4.78 is 5.42. The maximum absolute atomic E-state index is 11.8. The molecule has 2 aromatic rings. The second-order valence-electron chi connectivity index (χ2n) is 7.12. The van der Waals surface area contributed by atoms with Crippen LogP contribution in [0.1, 0.15) is 12.1 Å². The molecular formula is C20H30IN5O2. The van der Waals surface area contributed by atoms with Gasteiger partial charge in [-0.25, -0.2) is 4.99 Å². The molecule has 0 bridgehead atoms. The largest absolute Gasteiger partial charge is 0.381 e. The molecule has 1 atom stereocenters. The second kappa shape index (κ2) is 11.3. The van der Waals surface area contributed by atoms with Gasteiger partial charge in [0.05, 0.1) is 6.61 Å². The normalized spacial score (nSPS) is 16.6. The van der Waals surface area contributed by atoms with Crippen molar-refractivity contribution in [3.8, 4) is 0 Å². The Morgan fingerprint density at radius 2 is 2.14 bits per heavy atom. The Labute approximate surface area is 183 Å². The van der Waals surface area contributed by atoms with E-state index < -0.39 is 0 Å². The number of hydrogen-bond acceptors (Lipinski definition) is 3. The maximum atomic E-state index is 11.8. The molecule has 1 amide bonds. The number of benzene rings is 1. The smallest absolute Gasteiger partial charge is 0.243 e. The molecule has 1 aromatic carbocycles. The number of aromatic amines is 1. The van der Waals surface area contributed by atoms with Gasteiger partial charge in [0.15, 0.2) is 5.96 Å². The van der Waals surface area contributed by atoms with Crippen molar-refractivity contribution in [2.45, 2.75) is 12.8 Å². The first kappa shape index (κ1) is 22.5. The summed E-state index contributed by atoms with van der Waals surface area (Å²) in [6.45, 7) is 3.28. The number of fused-ring (bicyclic) bond motifs is 1. The number of carbonyl (C=O) groups excluding carboxylic acids is 1. The van der Waals surface area contributed by atoms with Gasteiger partial charge in [0.25, 0.3) is 0 Å². The van der Waals surface area contributed by atoms with E-state index in [1.807, 2.05) is 12.1 Å². The lowest BCUT2D eigenvalue weighted by Crippen LogP contribution is -2.41. The van der Waals surface area contributed by atoms with Crippen molar-refractivity contribution in [2.24, 2.45) is 10.9 Å². The van der Waals surface area contributed by atoms with Crippen molar-refractivity contribution >= 4 is 46.7 Å². The van der Waals surface area contributed by atoms with Crippen LogP contribution in [-0.4, -0.2) is 68.7 Å². The number of para-hydroxylation sites is 1. The van der Waals surface area contributed by atoms with Crippen LogP contribution < -0.4 is 10.6 Å². The molecule has 1 saturated heterocycles. The molecule has 154 valence electrons. The fourth-order valence-electron chi connectivity index (χ4n) is 3.03. The van der Waals surface area contributed by atoms with E-state index in [-0.39, 0.29) is 36.4 Å². The molecule has 1 fully saturated rings. The van der Waals surface area contributed by atoms with E-state index in [1.165, 1.54) is 11.1 Å². The number of aliphatic imine (C=N–C) groups is 1. The first-order valence-corrected chi connectivity index (χ1v) is 9.48. The molecule has 28 heavy (non-hydrogen) atoms. The lowest BCUT2D eigenvalue weighted by atomic mass is 10.1. The van der Waals surface area contributed by atoms with Gasteiger partial charge in [-0.15, -0.1) is 24.0 Å². The predicted molar refractivity (Wildman–Crippen MR) is 123 cm³/mol. The van der Waals surface area contributed by atoms with Gasteiger partial charge in [0.1, 0.15) is 6.54 Å². The van der Waals surface area contributed by atoms with Crippen LogP contribution >= 0.6 is 24.0 Å². The van der Waals surface area contributed by atoms with Crippen molar-refractivity contribution in [1.29, 1.82) is 0 Å². The van der Waals surface area contributed by atoms with E-state index in [2.05, 4.69) is 38.8 Å². The lowest BCUT2D eigenvalue weighted by Gasteiger charge is -2.15. The molecule has 0 radical (unpaired) electrons. The standard InChI is InChI=1S/C20H29N5O2.HI/c1-25(2)19(26)13-23-20(22-12-15-8-10-27-14-15)21-9-7-17-11-16-5-3-4-6-18(16)24-17;/h3-6,11,15,24H,7-10,12-14H2,1-2H3,(H2,21,22,23);1H. The van der Waals surface area contributed by atoms with E-state index >= 15 is 0 Å². The highest BCUT2D eigenvalue weighted by Gasteiger charge is 2.16. The third-order valence-electron chi connectivity index (χ3n) is 4.73. The molecule has 0 spiro atoms. The topological polar surface area (TPSA) is 81.8 Å². The zero-order valence-corrected chi connectivity index (χ0v) is 18.9. The molecule has 0 aliphatic carbocycles. The van der Waals surface area contributed by atoms with Crippen LogP contribution in [0.2, 0.25) is 0 Å². The Hall–Kier alpha value is -1.81. The summed E-state index contributed by atoms with van der Waals surface area (Å²) in [7, 11) is 3.48. The van der Waals surface area contributed by atoms with E-state index in [9.17, 15) is 4.79 Å². The van der Waals surface area contributed by atoms with Crippen molar-refractivity contribution in [2.75, 3.05) is 46.9 Å². The van der Waals surface area contributed by atoms with Gasteiger partial charge < -0.3 is 25.3 Å². The Morgan fingerprint density at radius 3 is 2.86 bits per heavy atom. The van der Waals surface area contributed by atoms with Gasteiger partial charge in [-0.1, -0.05) is 18.2 Å². The van der Waals surface area contributed by atoms with Crippen LogP contribution in [0.25, 0.3) is 10.9 Å². The average Bonchev–Trinajstić information content (AvgIpc) is 3.32. The van der Waals surface area contributed by atoms with Crippen molar-refractivity contribution < 1.29 is 9.53 Å². The summed E-state index contributed by atoms with van der Waals surface area (Å²) in [5.41, 5.74) is 2.33. The van der Waals surface area contributed by atoms with Gasteiger partial charge >= 0.3 is 0 Å². The number of amides is 1. The van der Waals surface area contributed by atoms with Gasteiger partial charge in [-0.05, 0) is 23.9 Å². The molecule has 0 saturated carbocycles. The number of ether oxygens (including phenoxy) is 1. The molecule has 8 heteroatoms. The highest BCUT2D eigenvalue weighted by atomic mass is 127. The molecule has 3 rings (SSSR count). The quantitative estimate of drug-likeness (QED) is 0.309. The number of nitrogens with zero attached hydrogens (tertiary/aromatic N) is 2. The monoisotopic (exact) mass is 499 g/mol. The number of aromatic nitrogens is 1. The summed E-state index contributed by atoms with van der Waals surface area (Å²) in [6.07, 6.45) is 1.91. The molecule has 1 aliphatic rings. The van der Waals surface area contributed by atoms with Crippen LogP contribution in [0.3, 0.4) is 0 Å². The fraction of sp³-hybridized carbons (Fsp3) is 0.500. The summed E-state index contributed by atoms with van der Waals surface area (Å²) in [5, 5.41) is 7.90. The van der Waals surface area contributed by atoms with Crippen LogP contribution in [0.5, 0.6) is 0 Å². The van der Waals surface area contributed by atoms with Crippen molar-refractivity contribution in [1.82, 2.24) is 20.5 Å². The number of H-pyrrole nitrogens is 1. The van der Waals surface area contributed by atoms with Gasteiger partial charge in [0.2, 0.25) is 5.91 Å². The second-order valence-corrected chi connectivity index (χ2v) is 7.12. The molecule has 1 aromatic heterocycles.